The Balaban J connectivity index is 1.42. The van der Waals surface area contributed by atoms with Gasteiger partial charge >= 0.3 is 5.76 Å². The van der Waals surface area contributed by atoms with E-state index >= 15 is 0 Å². The highest BCUT2D eigenvalue weighted by Gasteiger charge is 2.18. The first-order chi connectivity index (χ1) is 13.2. The van der Waals surface area contributed by atoms with Crippen molar-refractivity contribution in [2.45, 2.75) is 11.3 Å². The summed E-state index contributed by atoms with van der Waals surface area (Å²) in [7, 11) is 0. The lowest BCUT2D eigenvalue weighted by Crippen LogP contribution is -2.39. The molecule has 0 radical (unpaired) electrons. The second-order valence-corrected chi connectivity index (χ2v) is 6.56. The fourth-order valence-electron chi connectivity index (χ4n) is 2.67. The number of H-pyrrole nitrogens is 1. The maximum atomic E-state index is 12.4. The molecule has 8 nitrogen and oxygen atoms in total. The van der Waals surface area contributed by atoms with Crippen LogP contribution in [0, 0.1) is 0 Å². The Morgan fingerprint density at radius 1 is 1.15 bits per heavy atom. The van der Waals surface area contributed by atoms with Crippen LogP contribution >= 0.6 is 11.9 Å². The minimum Gasteiger partial charge on any atom is -0.388 e. The predicted molar refractivity (Wildman–Crippen MR) is 102 cm³/mol. The number of fused-ring (bicyclic) bond motifs is 1. The second kappa shape index (κ2) is 7.50. The Kier molecular flexibility index (Phi) is 4.75. The van der Waals surface area contributed by atoms with Crippen molar-refractivity contribution in [3.8, 4) is 11.5 Å². The number of aromatic amines is 1. The van der Waals surface area contributed by atoms with Crippen LogP contribution in [0.1, 0.15) is 5.56 Å². The quantitative estimate of drug-likeness (QED) is 0.583. The van der Waals surface area contributed by atoms with Gasteiger partial charge in [0.15, 0.2) is 0 Å². The van der Waals surface area contributed by atoms with Crippen LogP contribution in [0.15, 0.2) is 67.6 Å². The summed E-state index contributed by atoms with van der Waals surface area (Å²) in [5, 5.41) is 8.96. The fraction of sp³-hybridized carbons (Fsp3) is 0.111. The monoisotopic (exact) mass is 381 g/mol. The number of hydrogen-bond acceptors (Lipinski definition) is 7. The maximum absolute atomic E-state index is 12.4. The van der Waals surface area contributed by atoms with Gasteiger partial charge in [0.05, 0.1) is 10.6 Å². The lowest BCUT2D eigenvalue weighted by molar-refractivity contribution is -0.114. The third kappa shape index (κ3) is 3.77. The molecule has 0 spiro atoms. The van der Waals surface area contributed by atoms with Crippen LogP contribution in [0.3, 0.4) is 0 Å². The van der Waals surface area contributed by atoms with E-state index in [2.05, 4.69) is 25.2 Å². The molecule has 9 heteroatoms. The van der Waals surface area contributed by atoms with E-state index in [9.17, 15) is 9.59 Å². The molecule has 0 unspecified atom stereocenters. The molecule has 0 fully saturated rings. The largest absolute Gasteiger partial charge is 0.434 e. The van der Waals surface area contributed by atoms with Crippen molar-refractivity contribution >= 4 is 29.4 Å². The highest BCUT2D eigenvalue weighted by Crippen LogP contribution is 2.30. The van der Waals surface area contributed by atoms with E-state index in [1.165, 1.54) is 11.9 Å². The standard InChI is InChI=1S/C18H15N5O3S/c24-16(15-20-13-7-3-4-8-14(13)27-23-15)19-10-9-11-5-1-2-6-12(11)17-21-22-18(25)26-17/h1-8H,9-10H2,(H,19,24)(H,20,23)(H,22,25). The Hall–Kier alpha value is -3.33. The van der Waals surface area contributed by atoms with Crippen LogP contribution in [0.4, 0.5) is 5.69 Å². The molecule has 136 valence electrons. The third-order valence-electron chi connectivity index (χ3n) is 3.94. The van der Waals surface area contributed by atoms with Gasteiger partial charge in [0.1, 0.15) is 0 Å². The smallest absolute Gasteiger partial charge is 0.388 e. The zero-order chi connectivity index (χ0) is 18.6. The first-order valence-electron chi connectivity index (χ1n) is 8.23. The number of amides is 1. The van der Waals surface area contributed by atoms with Gasteiger partial charge in [-0.05, 0) is 42.1 Å². The van der Waals surface area contributed by atoms with E-state index in [-0.39, 0.29) is 17.6 Å². The van der Waals surface area contributed by atoms with E-state index in [4.69, 9.17) is 4.42 Å². The van der Waals surface area contributed by atoms with E-state index in [0.29, 0.717) is 18.5 Å². The zero-order valence-electron chi connectivity index (χ0n) is 14.1. The molecule has 1 amide bonds. The van der Waals surface area contributed by atoms with Crippen LogP contribution in [-0.2, 0) is 11.2 Å². The molecule has 0 atom stereocenters. The maximum Gasteiger partial charge on any atom is 0.434 e. The lowest BCUT2D eigenvalue weighted by atomic mass is 10.0. The van der Waals surface area contributed by atoms with Gasteiger partial charge < -0.3 is 14.5 Å². The summed E-state index contributed by atoms with van der Waals surface area (Å²) in [6, 6.07) is 15.0. The summed E-state index contributed by atoms with van der Waals surface area (Å²) in [4.78, 5) is 28.9. The highest BCUT2D eigenvalue weighted by molar-refractivity contribution is 7.98. The minimum atomic E-state index is -0.604. The molecule has 1 aliphatic heterocycles. The number of nitrogens with one attached hydrogen (secondary N) is 3. The number of nitrogens with zero attached hydrogens (tertiary/aromatic N) is 2. The molecule has 0 aliphatic carbocycles. The van der Waals surface area contributed by atoms with E-state index < -0.39 is 5.76 Å². The molecule has 1 aliphatic rings. The molecule has 4 rings (SSSR count). The molecule has 1 aromatic heterocycles. The normalized spacial score (nSPS) is 12.7. The number of aromatic nitrogens is 2. The summed E-state index contributed by atoms with van der Waals surface area (Å²) in [5.41, 5.74) is 2.39. The van der Waals surface area contributed by atoms with Crippen molar-refractivity contribution in [2.24, 2.45) is 4.99 Å². The summed E-state index contributed by atoms with van der Waals surface area (Å²) < 4.78 is 7.98. The number of hydrogen-bond donors (Lipinski definition) is 3. The molecular weight excluding hydrogens is 366 g/mol. The van der Waals surface area contributed by atoms with Gasteiger partial charge in [-0.1, -0.05) is 30.3 Å². The number of para-hydroxylation sites is 1. The van der Waals surface area contributed by atoms with Crippen molar-refractivity contribution in [3.63, 3.8) is 0 Å². The van der Waals surface area contributed by atoms with Crippen LogP contribution < -0.4 is 15.8 Å². The van der Waals surface area contributed by atoms with Crippen molar-refractivity contribution < 1.29 is 9.21 Å². The predicted octanol–water partition coefficient (Wildman–Crippen LogP) is 2.03. The van der Waals surface area contributed by atoms with Crippen LogP contribution in [0.25, 0.3) is 11.5 Å². The second-order valence-electron chi connectivity index (χ2n) is 5.71. The van der Waals surface area contributed by atoms with Gasteiger partial charge in [0.25, 0.3) is 5.91 Å². The summed E-state index contributed by atoms with van der Waals surface area (Å²) in [6.07, 6.45) is 0.551. The van der Waals surface area contributed by atoms with Gasteiger partial charge in [-0.15, -0.1) is 5.10 Å². The number of amidine groups is 1. The number of carbonyl (C=O) groups excluding carboxylic acids is 1. The summed E-state index contributed by atoms with van der Waals surface area (Å²) >= 11 is 1.36. The Morgan fingerprint density at radius 3 is 2.81 bits per heavy atom. The first-order valence-corrected chi connectivity index (χ1v) is 9.05. The molecular formula is C18H15N5O3S. The number of aliphatic imine (C=N–C) groups is 1. The molecule has 3 N–H and O–H groups in total. The SMILES string of the molecule is O=C(NCCc1ccccc1-c1n[nH]c(=O)o1)C1=Nc2ccccc2SN1. The van der Waals surface area contributed by atoms with E-state index in [1.807, 2.05) is 48.5 Å². The van der Waals surface area contributed by atoms with Crippen molar-refractivity contribution in [1.29, 1.82) is 0 Å². The van der Waals surface area contributed by atoms with Crippen molar-refractivity contribution in [3.05, 3.63) is 64.6 Å². The van der Waals surface area contributed by atoms with Gasteiger partial charge in [-0.3, -0.25) is 4.79 Å². The molecule has 0 bridgehead atoms. The van der Waals surface area contributed by atoms with Crippen molar-refractivity contribution in [1.82, 2.24) is 20.2 Å². The Labute approximate surface area is 158 Å². The van der Waals surface area contributed by atoms with E-state index in [1.54, 1.807) is 0 Å². The Bertz CT molecular complexity index is 1070. The molecule has 2 heterocycles. The van der Waals surface area contributed by atoms with Gasteiger partial charge in [-0.2, -0.15) is 0 Å². The highest BCUT2D eigenvalue weighted by atomic mass is 32.2. The number of carbonyl (C=O) groups is 1. The average molecular weight is 381 g/mol. The van der Waals surface area contributed by atoms with Gasteiger partial charge in [0.2, 0.25) is 11.7 Å². The topological polar surface area (TPSA) is 112 Å². The van der Waals surface area contributed by atoms with Gasteiger partial charge in [-0.25, -0.2) is 14.9 Å². The molecule has 3 aromatic rings. The summed E-state index contributed by atoms with van der Waals surface area (Å²) in [5.74, 6) is -0.383. The molecule has 0 saturated heterocycles. The summed E-state index contributed by atoms with van der Waals surface area (Å²) in [6.45, 7) is 0.400. The van der Waals surface area contributed by atoms with E-state index in [0.717, 1.165) is 16.1 Å². The molecule has 0 saturated carbocycles. The van der Waals surface area contributed by atoms with Crippen molar-refractivity contribution in [2.75, 3.05) is 6.54 Å². The average Bonchev–Trinajstić information content (AvgIpc) is 3.14. The number of rotatable bonds is 5. The first kappa shape index (κ1) is 17.1. The fourth-order valence-corrected chi connectivity index (χ4v) is 3.38. The lowest BCUT2D eigenvalue weighted by Gasteiger charge is -2.16. The van der Waals surface area contributed by atoms with Crippen LogP contribution in [0.2, 0.25) is 0 Å². The Morgan fingerprint density at radius 2 is 1.96 bits per heavy atom. The van der Waals surface area contributed by atoms with Crippen LogP contribution in [0.5, 0.6) is 0 Å². The minimum absolute atomic E-state index is 0.230. The number of benzene rings is 2. The molecule has 2 aromatic carbocycles. The zero-order valence-corrected chi connectivity index (χ0v) is 14.9. The molecule has 27 heavy (non-hydrogen) atoms. The third-order valence-corrected chi connectivity index (χ3v) is 4.80. The van der Waals surface area contributed by atoms with Crippen LogP contribution in [-0.4, -0.2) is 28.5 Å². The van der Waals surface area contributed by atoms with Gasteiger partial charge in [0, 0.05) is 12.1 Å².